The smallest absolute Gasteiger partial charge is 0.137 e. The Bertz CT molecular complexity index is 462. The first-order valence-corrected chi connectivity index (χ1v) is 5.50. The van der Waals surface area contributed by atoms with Crippen molar-refractivity contribution in [1.29, 1.82) is 0 Å². The number of aryl methyl sites for hydroxylation is 1. The van der Waals surface area contributed by atoms with E-state index in [0.29, 0.717) is 6.61 Å². The molecule has 0 saturated heterocycles. The quantitative estimate of drug-likeness (QED) is 0.767. The molecule has 2 N–H and O–H groups in total. The highest BCUT2D eigenvalue weighted by molar-refractivity contribution is 7.17. The van der Waals surface area contributed by atoms with E-state index < -0.39 is 0 Å². The molecule has 0 spiro atoms. The highest BCUT2D eigenvalue weighted by atomic mass is 32.1. The van der Waals surface area contributed by atoms with Gasteiger partial charge < -0.3 is 10.5 Å². The van der Waals surface area contributed by atoms with Crippen LogP contribution in [-0.4, -0.2) is 6.61 Å². The Balaban J connectivity index is 2.61. The maximum absolute atomic E-state index is 5.83. The topological polar surface area (TPSA) is 35.2 Å². The Kier molecular flexibility index (Phi) is 2.33. The predicted molar refractivity (Wildman–Crippen MR) is 62.1 cm³/mol. The van der Waals surface area contributed by atoms with Gasteiger partial charge in [0.1, 0.15) is 5.75 Å². The standard InChI is InChI=1S/C11H13NOS/c1-3-13-10-6-14-11-5-9(12)7(2)4-8(10)11/h4-6H,3,12H2,1-2H3. The molecule has 0 radical (unpaired) electrons. The van der Waals surface area contributed by atoms with Crippen LogP contribution in [-0.2, 0) is 0 Å². The van der Waals surface area contributed by atoms with Gasteiger partial charge in [-0.2, -0.15) is 0 Å². The summed E-state index contributed by atoms with van der Waals surface area (Å²) in [5.74, 6) is 0.968. The van der Waals surface area contributed by atoms with Gasteiger partial charge in [-0.25, -0.2) is 0 Å². The van der Waals surface area contributed by atoms with Crippen LogP contribution in [0.5, 0.6) is 5.75 Å². The van der Waals surface area contributed by atoms with Crippen molar-refractivity contribution in [1.82, 2.24) is 0 Å². The Morgan fingerprint density at radius 1 is 1.43 bits per heavy atom. The van der Waals surface area contributed by atoms with Crippen LogP contribution < -0.4 is 10.5 Å². The molecule has 1 aromatic carbocycles. The highest BCUT2D eigenvalue weighted by Gasteiger charge is 2.06. The molecule has 1 aromatic heterocycles. The fraction of sp³-hybridized carbons (Fsp3) is 0.273. The molecule has 0 aliphatic rings. The summed E-state index contributed by atoms with van der Waals surface area (Å²) >= 11 is 1.67. The van der Waals surface area contributed by atoms with Crippen molar-refractivity contribution in [3.05, 3.63) is 23.1 Å². The summed E-state index contributed by atoms with van der Waals surface area (Å²) < 4.78 is 6.71. The van der Waals surface area contributed by atoms with Gasteiger partial charge in [-0.05, 0) is 31.5 Å². The van der Waals surface area contributed by atoms with E-state index in [0.717, 1.165) is 17.0 Å². The summed E-state index contributed by atoms with van der Waals surface area (Å²) in [5.41, 5.74) is 7.79. The van der Waals surface area contributed by atoms with E-state index >= 15 is 0 Å². The average Bonchev–Trinajstić information content (AvgIpc) is 2.51. The Hall–Kier alpha value is -1.22. The number of nitrogen functional groups attached to an aromatic ring is 1. The molecule has 0 amide bonds. The molecule has 3 heteroatoms. The number of nitrogens with two attached hydrogens (primary N) is 1. The monoisotopic (exact) mass is 207 g/mol. The largest absolute Gasteiger partial charge is 0.492 e. The lowest BCUT2D eigenvalue weighted by molar-refractivity contribution is 0.345. The van der Waals surface area contributed by atoms with Crippen LogP contribution in [0.2, 0.25) is 0 Å². The summed E-state index contributed by atoms with van der Waals surface area (Å²) in [7, 11) is 0. The minimum absolute atomic E-state index is 0.704. The number of hydrogen-bond donors (Lipinski definition) is 1. The van der Waals surface area contributed by atoms with Crippen LogP contribution >= 0.6 is 11.3 Å². The molecular formula is C11H13NOS. The van der Waals surface area contributed by atoms with Crippen LogP contribution in [0.25, 0.3) is 10.1 Å². The second-order valence-electron chi connectivity index (χ2n) is 3.24. The van der Waals surface area contributed by atoms with Crippen molar-refractivity contribution < 1.29 is 4.74 Å². The summed E-state index contributed by atoms with van der Waals surface area (Å²) in [4.78, 5) is 0. The molecule has 2 rings (SSSR count). The first kappa shape index (κ1) is 9.34. The maximum atomic E-state index is 5.83. The molecule has 0 saturated carbocycles. The molecule has 0 bridgehead atoms. The molecule has 0 fully saturated rings. The Labute approximate surface area is 87.3 Å². The zero-order valence-electron chi connectivity index (χ0n) is 8.33. The molecule has 74 valence electrons. The van der Waals surface area contributed by atoms with Crippen molar-refractivity contribution in [3.63, 3.8) is 0 Å². The molecule has 0 aliphatic heterocycles. The van der Waals surface area contributed by atoms with Gasteiger partial charge in [0.05, 0.1) is 6.61 Å². The van der Waals surface area contributed by atoms with Crippen molar-refractivity contribution >= 4 is 27.1 Å². The molecule has 0 unspecified atom stereocenters. The van der Waals surface area contributed by atoms with Crippen molar-refractivity contribution in [3.8, 4) is 5.75 Å². The zero-order chi connectivity index (χ0) is 10.1. The highest BCUT2D eigenvalue weighted by Crippen LogP contribution is 2.34. The van der Waals surface area contributed by atoms with Gasteiger partial charge in [0, 0.05) is 21.2 Å². The molecule has 2 nitrogen and oxygen atoms in total. The van der Waals surface area contributed by atoms with Crippen molar-refractivity contribution in [2.45, 2.75) is 13.8 Å². The third kappa shape index (κ3) is 1.44. The predicted octanol–water partition coefficient (Wildman–Crippen LogP) is 3.19. The molecular weight excluding hydrogens is 194 g/mol. The summed E-state index contributed by atoms with van der Waals surface area (Å²) in [6, 6.07) is 4.10. The van der Waals surface area contributed by atoms with Gasteiger partial charge in [0.15, 0.2) is 0 Å². The molecule has 14 heavy (non-hydrogen) atoms. The van der Waals surface area contributed by atoms with E-state index in [-0.39, 0.29) is 0 Å². The van der Waals surface area contributed by atoms with E-state index in [4.69, 9.17) is 10.5 Å². The lowest BCUT2D eigenvalue weighted by atomic mass is 10.1. The number of anilines is 1. The lowest BCUT2D eigenvalue weighted by Crippen LogP contribution is -1.91. The van der Waals surface area contributed by atoms with E-state index in [9.17, 15) is 0 Å². The minimum Gasteiger partial charge on any atom is -0.492 e. The molecule has 2 aromatic rings. The SMILES string of the molecule is CCOc1csc2cc(N)c(C)cc12. The van der Waals surface area contributed by atoms with E-state index in [1.165, 1.54) is 10.1 Å². The fourth-order valence-corrected chi connectivity index (χ4v) is 2.35. The summed E-state index contributed by atoms with van der Waals surface area (Å²) in [6.07, 6.45) is 0. The van der Waals surface area contributed by atoms with E-state index in [2.05, 4.69) is 6.07 Å². The number of rotatable bonds is 2. The van der Waals surface area contributed by atoms with E-state index in [1.807, 2.05) is 25.3 Å². The molecule has 0 atom stereocenters. The second-order valence-corrected chi connectivity index (χ2v) is 4.15. The zero-order valence-corrected chi connectivity index (χ0v) is 9.15. The molecule has 0 aliphatic carbocycles. The summed E-state index contributed by atoms with van der Waals surface area (Å²) in [5, 5.41) is 3.20. The number of ether oxygens (including phenoxy) is 1. The number of hydrogen-bond acceptors (Lipinski definition) is 3. The minimum atomic E-state index is 0.704. The average molecular weight is 207 g/mol. The van der Waals surface area contributed by atoms with Crippen LogP contribution in [0.4, 0.5) is 5.69 Å². The van der Waals surface area contributed by atoms with Crippen LogP contribution in [0.1, 0.15) is 12.5 Å². The first-order valence-electron chi connectivity index (χ1n) is 4.62. The first-order chi connectivity index (χ1) is 6.72. The van der Waals surface area contributed by atoms with Gasteiger partial charge in [0.2, 0.25) is 0 Å². The van der Waals surface area contributed by atoms with Gasteiger partial charge in [-0.15, -0.1) is 11.3 Å². The Morgan fingerprint density at radius 3 is 2.93 bits per heavy atom. The maximum Gasteiger partial charge on any atom is 0.137 e. The van der Waals surface area contributed by atoms with Gasteiger partial charge in [0.25, 0.3) is 0 Å². The third-order valence-electron chi connectivity index (χ3n) is 2.23. The van der Waals surface area contributed by atoms with Gasteiger partial charge in [-0.3, -0.25) is 0 Å². The van der Waals surface area contributed by atoms with Crippen molar-refractivity contribution in [2.24, 2.45) is 0 Å². The number of thiophene rings is 1. The normalized spacial score (nSPS) is 10.7. The van der Waals surface area contributed by atoms with Crippen molar-refractivity contribution in [2.75, 3.05) is 12.3 Å². The van der Waals surface area contributed by atoms with Crippen LogP contribution in [0, 0.1) is 6.92 Å². The Morgan fingerprint density at radius 2 is 2.21 bits per heavy atom. The third-order valence-corrected chi connectivity index (χ3v) is 3.15. The number of fused-ring (bicyclic) bond motifs is 1. The fourth-order valence-electron chi connectivity index (χ4n) is 1.44. The number of benzene rings is 1. The van der Waals surface area contributed by atoms with Gasteiger partial charge >= 0.3 is 0 Å². The van der Waals surface area contributed by atoms with E-state index in [1.54, 1.807) is 11.3 Å². The summed E-state index contributed by atoms with van der Waals surface area (Å²) in [6.45, 7) is 4.71. The van der Waals surface area contributed by atoms with Gasteiger partial charge in [-0.1, -0.05) is 0 Å². The lowest BCUT2D eigenvalue weighted by Gasteiger charge is -2.03. The van der Waals surface area contributed by atoms with Crippen LogP contribution in [0.15, 0.2) is 17.5 Å². The van der Waals surface area contributed by atoms with Crippen LogP contribution in [0.3, 0.4) is 0 Å². The second kappa shape index (κ2) is 3.50. The molecule has 1 heterocycles.